The highest BCUT2D eigenvalue weighted by Crippen LogP contribution is 2.69. The first-order valence-electron chi connectivity index (χ1n) is 13.5. The van der Waals surface area contributed by atoms with Crippen LogP contribution in [0.25, 0.3) is 0 Å². The first kappa shape index (κ1) is 23.4. The third-order valence-corrected chi connectivity index (χ3v) is 10.8. The molecule has 0 aromatic rings. The number of carbonyl (C=O) groups is 1. The van der Waals surface area contributed by atoms with E-state index in [1.807, 2.05) is 0 Å². The zero-order chi connectivity index (χ0) is 22.4. The van der Waals surface area contributed by atoms with Crippen LogP contribution < -0.4 is 0 Å². The Morgan fingerprint density at radius 3 is 2.32 bits per heavy atom. The molecule has 31 heavy (non-hydrogen) atoms. The lowest BCUT2D eigenvalue weighted by molar-refractivity contribution is -0.144. The van der Waals surface area contributed by atoms with Crippen molar-refractivity contribution >= 4 is 5.97 Å². The fourth-order valence-electron chi connectivity index (χ4n) is 9.36. The van der Waals surface area contributed by atoms with E-state index in [1.54, 1.807) is 6.92 Å². The van der Waals surface area contributed by atoms with Gasteiger partial charge in [0.1, 0.15) is 0 Å². The molecule has 4 aliphatic rings. The Labute approximate surface area is 192 Å². The molecule has 0 aliphatic heterocycles. The van der Waals surface area contributed by atoms with Crippen LogP contribution in [0.2, 0.25) is 0 Å². The van der Waals surface area contributed by atoms with Crippen molar-refractivity contribution in [2.24, 2.45) is 58.2 Å². The van der Waals surface area contributed by atoms with Gasteiger partial charge >= 0.3 is 5.97 Å². The molecule has 2 heteroatoms. The first-order valence-corrected chi connectivity index (χ1v) is 13.5. The summed E-state index contributed by atoms with van der Waals surface area (Å²) in [6.07, 6.45) is 17.4. The highest BCUT2D eigenvalue weighted by molar-refractivity contribution is 5.65. The second kappa shape index (κ2) is 8.86. The van der Waals surface area contributed by atoms with Crippen LogP contribution in [-0.2, 0) is 9.53 Å². The van der Waals surface area contributed by atoms with Crippen molar-refractivity contribution in [3.05, 3.63) is 12.2 Å². The molecule has 0 amide bonds. The van der Waals surface area contributed by atoms with E-state index in [9.17, 15) is 4.79 Å². The lowest BCUT2D eigenvalue weighted by Gasteiger charge is -2.58. The second-order valence-corrected chi connectivity index (χ2v) is 12.8. The normalized spacial score (nSPS) is 45.4. The number of hydrogen-bond donors (Lipinski definition) is 0. The molecular formula is C29H48O2. The number of fused-ring (bicyclic) bond motifs is 5. The minimum Gasteiger partial charge on any atom is -0.466 e. The van der Waals surface area contributed by atoms with Crippen LogP contribution in [0.3, 0.4) is 0 Å². The van der Waals surface area contributed by atoms with E-state index in [1.165, 1.54) is 57.8 Å². The molecule has 2 nitrogen and oxygen atoms in total. The second-order valence-electron chi connectivity index (χ2n) is 12.8. The summed E-state index contributed by atoms with van der Waals surface area (Å²) < 4.78 is 5.48. The van der Waals surface area contributed by atoms with E-state index in [-0.39, 0.29) is 5.97 Å². The van der Waals surface area contributed by atoms with Crippen molar-refractivity contribution < 1.29 is 9.53 Å². The molecule has 0 spiro atoms. The molecule has 0 aromatic heterocycles. The van der Waals surface area contributed by atoms with Crippen LogP contribution in [0.5, 0.6) is 0 Å². The van der Waals surface area contributed by atoms with Gasteiger partial charge in [-0.05, 0) is 116 Å². The maximum Gasteiger partial charge on any atom is 0.302 e. The van der Waals surface area contributed by atoms with Crippen LogP contribution in [-0.4, -0.2) is 12.6 Å². The Balaban J connectivity index is 1.46. The maximum absolute atomic E-state index is 11.4. The smallest absolute Gasteiger partial charge is 0.302 e. The average molecular weight is 429 g/mol. The van der Waals surface area contributed by atoms with Gasteiger partial charge in [0.15, 0.2) is 0 Å². The van der Waals surface area contributed by atoms with Crippen LogP contribution in [0.15, 0.2) is 12.2 Å². The summed E-state index contributed by atoms with van der Waals surface area (Å²) in [6, 6.07) is 0. The Morgan fingerprint density at radius 2 is 1.61 bits per heavy atom. The molecule has 4 fully saturated rings. The molecule has 4 aliphatic carbocycles. The van der Waals surface area contributed by atoms with Crippen molar-refractivity contribution in [1.82, 2.24) is 0 Å². The van der Waals surface area contributed by atoms with E-state index >= 15 is 0 Å². The summed E-state index contributed by atoms with van der Waals surface area (Å²) in [7, 11) is 0. The molecule has 0 heterocycles. The highest BCUT2D eigenvalue weighted by Gasteiger charge is 2.62. The fraction of sp³-hybridized carbons (Fsp3) is 0.897. The summed E-state index contributed by atoms with van der Waals surface area (Å²) in [5, 5.41) is 0. The molecule has 0 unspecified atom stereocenters. The van der Waals surface area contributed by atoms with Crippen LogP contribution >= 0.6 is 0 Å². The molecule has 0 saturated heterocycles. The van der Waals surface area contributed by atoms with Crippen molar-refractivity contribution in [1.29, 1.82) is 0 Å². The van der Waals surface area contributed by atoms with E-state index in [2.05, 4.69) is 46.8 Å². The summed E-state index contributed by atoms with van der Waals surface area (Å²) in [5.41, 5.74) is 1.03. The number of ether oxygens (including phenoxy) is 1. The quantitative estimate of drug-likeness (QED) is 0.320. The van der Waals surface area contributed by atoms with Crippen LogP contribution in [0.1, 0.15) is 99.3 Å². The van der Waals surface area contributed by atoms with Crippen LogP contribution in [0.4, 0.5) is 0 Å². The van der Waals surface area contributed by atoms with Gasteiger partial charge in [-0.1, -0.05) is 46.8 Å². The third-order valence-electron chi connectivity index (χ3n) is 10.8. The third kappa shape index (κ3) is 4.15. The minimum atomic E-state index is -0.107. The van der Waals surface area contributed by atoms with Gasteiger partial charge in [0.05, 0.1) is 6.61 Å². The Hall–Kier alpha value is -0.790. The fourth-order valence-corrected chi connectivity index (χ4v) is 9.36. The molecule has 9 atom stereocenters. The summed E-state index contributed by atoms with van der Waals surface area (Å²) >= 11 is 0. The van der Waals surface area contributed by atoms with Crippen LogP contribution in [0, 0.1) is 58.2 Å². The zero-order valence-corrected chi connectivity index (χ0v) is 21.2. The largest absolute Gasteiger partial charge is 0.466 e. The summed E-state index contributed by atoms with van der Waals surface area (Å²) in [6.45, 7) is 14.6. The van der Waals surface area contributed by atoms with E-state index in [0.29, 0.717) is 23.4 Å². The molecule has 4 rings (SSSR count). The van der Waals surface area contributed by atoms with Gasteiger partial charge in [-0.3, -0.25) is 4.79 Å². The van der Waals surface area contributed by atoms with Crippen molar-refractivity contribution in [3.63, 3.8) is 0 Å². The van der Waals surface area contributed by atoms with E-state index in [0.717, 1.165) is 41.4 Å². The molecule has 176 valence electrons. The summed E-state index contributed by atoms with van der Waals surface area (Å²) in [5.74, 6) is 6.38. The standard InChI is InChI=1S/C29H48O2/c1-19(2)8-7-9-20(3)24-12-13-26-23-10-11-25-22(18-31-21(4)30)14-16-29(25,6)27(23)15-17-28(24,26)5/h7,9,19-20,22-27H,8,10-18H2,1-6H3/b9-7+/t20-,22-,23+,24-,25+,26+,27+,28-,29+/m1/s1. The molecular weight excluding hydrogens is 380 g/mol. The topological polar surface area (TPSA) is 26.3 Å². The Morgan fingerprint density at radius 1 is 0.935 bits per heavy atom. The number of carbonyl (C=O) groups excluding carboxylic acids is 1. The average Bonchev–Trinajstić information content (AvgIpc) is 3.22. The highest BCUT2D eigenvalue weighted by atomic mass is 16.5. The lowest BCUT2D eigenvalue weighted by atomic mass is 9.47. The van der Waals surface area contributed by atoms with E-state index in [4.69, 9.17) is 4.74 Å². The number of allylic oxidation sites excluding steroid dienone is 2. The van der Waals surface area contributed by atoms with Gasteiger partial charge in [0.25, 0.3) is 0 Å². The van der Waals surface area contributed by atoms with E-state index < -0.39 is 0 Å². The molecule has 4 saturated carbocycles. The van der Waals surface area contributed by atoms with Gasteiger partial charge in [0.2, 0.25) is 0 Å². The predicted molar refractivity (Wildman–Crippen MR) is 128 cm³/mol. The minimum absolute atomic E-state index is 0.107. The number of rotatable bonds is 6. The lowest BCUT2D eigenvalue weighted by Crippen LogP contribution is -2.51. The zero-order valence-electron chi connectivity index (χ0n) is 21.2. The van der Waals surface area contributed by atoms with Gasteiger partial charge in [-0.15, -0.1) is 0 Å². The first-order chi connectivity index (χ1) is 14.7. The number of esters is 1. The Kier molecular flexibility index (Phi) is 6.68. The SMILES string of the molecule is CC(=O)OC[C@H]1CC[C@@]2(C)[C@H]1CC[C@@H]1[C@@H]2CC[C@]2(C)[C@@H]([C@H](C)/C=C/CC(C)C)CC[C@@H]12. The van der Waals surface area contributed by atoms with Gasteiger partial charge in [-0.2, -0.15) is 0 Å². The Bertz CT molecular complexity index is 680. The van der Waals surface area contributed by atoms with Crippen molar-refractivity contribution in [3.8, 4) is 0 Å². The van der Waals surface area contributed by atoms with Gasteiger partial charge in [0, 0.05) is 6.92 Å². The molecule has 0 aromatic carbocycles. The molecule has 0 radical (unpaired) electrons. The monoisotopic (exact) mass is 428 g/mol. The summed E-state index contributed by atoms with van der Waals surface area (Å²) in [4.78, 5) is 11.4. The number of hydrogen-bond acceptors (Lipinski definition) is 2. The van der Waals surface area contributed by atoms with Gasteiger partial charge in [-0.25, -0.2) is 0 Å². The van der Waals surface area contributed by atoms with Gasteiger partial charge < -0.3 is 4.74 Å². The molecule has 0 bridgehead atoms. The predicted octanol–water partition coefficient (Wildman–Crippen LogP) is 7.67. The maximum atomic E-state index is 11.4. The molecule has 0 N–H and O–H groups in total. The van der Waals surface area contributed by atoms with Crippen molar-refractivity contribution in [2.75, 3.05) is 6.61 Å². The van der Waals surface area contributed by atoms with Crippen molar-refractivity contribution in [2.45, 2.75) is 99.3 Å².